The zero-order valence-corrected chi connectivity index (χ0v) is 16.7. The van der Waals surface area contributed by atoms with E-state index in [1.807, 2.05) is 44.2 Å². The number of aromatic nitrogens is 4. The molecule has 0 aliphatic heterocycles. The first-order valence-electron chi connectivity index (χ1n) is 9.13. The lowest BCUT2D eigenvalue weighted by molar-refractivity contribution is 0.353. The van der Waals surface area contributed by atoms with Gasteiger partial charge in [0.25, 0.3) is 0 Å². The van der Waals surface area contributed by atoms with Crippen molar-refractivity contribution in [3.8, 4) is 17.2 Å². The van der Waals surface area contributed by atoms with Crippen molar-refractivity contribution in [3.63, 3.8) is 0 Å². The van der Waals surface area contributed by atoms with Gasteiger partial charge in [-0.05, 0) is 49.2 Å². The largest absolute Gasteiger partial charge is 0.493 e. The molecule has 4 rings (SSSR count). The minimum atomic E-state index is 0.558. The summed E-state index contributed by atoms with van der Waals surface area (Å²) >= 11 is 0. The number of rotatable bonds is 5. The van der Waals surface area contributed by atoms with Crippen LogP contribution >= 0.6 is 0 Å². The van der Waals surface area contributed by atoms with E-state index >= 15 is 0 Å². The molecule has 0 fully saturated rings. The Morgan fingerprint density at radius 3 is 2.66 bits per heavy atom. The van der Waals surface area contributed by atoms with E-state index in [0.717, 1.165) is 27.8 Å². The molecular weight excluding hydrogens is 366 g/mol. The van der Waals surface area contributed by atoms with Gasteiger partial charge >= 0.3 is 0 Å². The molecule has 0 spiro atoms. The van der Waals surface area contributed by atoms with Gasteiger partial charge < -0.3 is 9.47 Å². The summed E-state index contributed by atoms with van der Waals surface area (Å²) < 4.78 is 12.6. The molecule has 146 valence electrons. The topological polar surface area (TPSA) is 74.4 Å². The van der Waals surface area contributed by atoms with Crippen molar-refractivity contribution in [2.24, 2.45) is 4.99 Å². The Bertz CT molecular complexity index is 1210. The monoisotopic (exact) mass is 387 g/mol. The van der Waals surface area contributed by atoms with Crippen molar-refractivity contribution in [1.29, 1.82) is 0 Å². The van der Waals surface area contributed by atoms with E-state index in [1.54, 1.807) is 31.3 Å². The first kappa shape index (κ1) is 18.6. The SMILES string of the molecule is COc1ccc(/C=N/c2ncnc3c2cnn3-c2cccc(C)c2)c(C)c1OC. The lowest BCUT2D eigenvalue weighted by Crippen LogP contribution is -1.98. The zero-order chi connectivity index (χ0) is 20.4. The number of ether oxygens (including phenoxy) is 2. The molecule has 4 aromatic rings. The molecule has 7 heteroatoms. The van der Waals surface area contributed by atoms with Crippen molar-refractivity contribution in [1.82, 2.24) is 19.7 Å². The summed E-state index contributed by atoms with van der Waals surface area (Å²) in [4.78, 5) is 13.3. The number of hydrogen-bond acceptors (Lipinski definition) is 6. The number of fused-ring (bicyclic) bond motifs is 1. The molecule has 7 nitrogen and oxygen atoms in total. The van der Waals surface area contributed by atoms with Gasteiger partial charge in [0, 0.05) is 11.8 Å². The van der Waals surface area contributed by atoms with Crippen LogP contribution in [0.4, 0.5) is 5.82 Å². The van der Waals surface area contributed by atoms with Gasteiger partial charge in [-0.15, -0.1) is 0 Å². The Morgan fingerprint density at radius 2 is 1.90 bits per heavy atom. The molecule has 0 saturated carbocycles. The van der Waals surface area contributed by atoms with Gasteiger partial charge in [0.2, 0.25) is 0 Å². The van der Waals surface area contributed by atoms with Crippen LogP contribution in [0, 0.1) is 13.8 Å². The molecule has 0 N–H and O–H groups in total. The maximum Gasteiger partial charge on any atom is 0.168 e. The summed E-state index contributed by atoms with van der Waals surface area (Å²) in [5, 5.41) is 5.27. The quantitative estimate of drug-likeness (QED) is 0.480. The molecule has 0 saturated heterocycles. The van der Waals surface area contributed by atoms with Crippen LogP contribution < -0.4 is 9.47 Å². The molecule has 0 radical (unpaired) electrons. The average molecular weight is 387 g/mol. The molecule has 2 aromatic heterocycles. The summed E-state index contributed by atoms with van der Waals surface area (Å²) in [7, 11) is 3.24. The van der Waals surface area contributed by atoms with Crippen molar-refractivity contribution >= 4 is 23.1 Å². The predicted molar refractivity (Wildman–Crippen MR) is 113 cm³/mol. The number of methoxy groups -OCH3 is 2. The number of aliphatic imine (C=N–C) groups is 1. The molecular formula is C22H21N5O2. The third-order valence-electron chi connectivity index (χ3n) is 4.75. The molecule has 0 unspecified atom stereocenters. The first-order chi connectivity index (χ1) is 14.1. The van der Waals surface area contributed by atoms with E-state index in [2.05, 4.69) is 26.1 Å². The molecule has 0 amide bonds. The molecule has 29 heavy (non-hydrogen) atoms. The van der Waals surface area contributed by atoms with Crippen molar-refractivity contribution < 1.29 is 9.47 Å². The van der Waals surface area contributed by atoms with E-state index in [-0.39, 0.29) is 0 Å². The lowest BCUT2D eigenvalue weighted by atomic mass is 10.1. The third kappa shape index (κ3) is 3.42. The van der Waals surface area contributed by atoms with Gasteiger partial charge in [-0.2, -0.15) is 5.10 Å². The Kier molecular flexibility index (Phi) is 4.95. The van der Waals surface area contributed by atoms with Gasteiger partial charge in [-0.3, -0.25) is 0 Å². The van der Waals surface area contributed by atoms with E-state index in [1.165, 1.54) is 6.33 Å². The van der Waals surface area contributed by atoms with Gasteiger partial charge in [-0.25, -0.2) is 19.6 Å². The highest BCUT2D eigenvalue weighted by molar-refractivity contribution is 5.91. The summed E-state index contributed by atoms with van der Waals surface area (Å²) in [6.07, 6.45) is 5.01. The highest BCUT2D eigenvalue weighted by Crippen LogP contribution is 2.32. The molecule has 0 aliphatic carbocycles. The number of hydrogen-bond donors (Lipinski definition) is 0. The molecule has 0 atom stereocenters. The van der Waals surface area contributed by atoms with Crippen LogP contribution in [0.25, 0.3) is 16.7 Å². The van der Waals surface area contributed by atoms with Gasteiger partial charge in [0.15, 0.2) is 23.0 Å². The standard InChI is InChI=1S/C22H21N5O2/c1-14-6-5-7-17(10-14)27-22-18(12-26-27)21(24-13-25-22)23-11-16-8-9-19(28-3)20(29-4)15(16)2/h5-13H,1-4H3/b23-11+. The van der Waals surface area contributed by atoms with Crippen LogP contribution in [0.3, 0.4) is 0 Å². The fourth-order valence-corrected chi connectivity index (χ4v) is 3.25. The summed E-state index contributed by atoms with van der Waals surface area (Å²) in [6, 6.07) is 11.9. The van der Waals surface area contributed by atoms with Gasteiger partial charge in [0.05, 0.1) is 31.5 Å². The minimum Gasteiger partial charge on any atom is -0.493 e. The first-order valence-corrected chi connectivity index (χ1v) is 9.13. The Labute approximate surface area is 168 Å². The van der Waals surface area contributed by atoms with Crippen molar-refractivity contribution in [3.05, 3.63) is 65.6 Å². The van der Waals surface area contributed by atoms with Crippen LogP contribution in [0.2, 0.25) is 0 Å². The van der Waals surface area contributed by atoms with E-state index in [9.17, 15) is 0 Å². The minimum absolute atomic E-state index is 0.558. The maximum atomic E-state index is 5.47. The molecule has 2 heterocycles. The highest BCUT2D eigenvalue weighted by Gasteiger charge is 2.12. The molecule has 0 bridgehead atoms. The smallest absolute Gasteiger partial charge is 0.168 e. The van der Waals surface area contributed by atoms with Crippen LogP contribution in [-0.2, 0) is 0 Å². The Hall–Kier alpha value is -3.74. The van der Waals surface area contributed by atoms with Gasteiger partial charge in [-0.1, -0.05) is 12.1 Å². The van der Waals surface area contributed by atoms with Crippen LogP contribution in [0.15, 0.2) is 53.9 Å². The van der Waals surface area contributed by atoms with Crippen molar-refractivity contribution in [2.45, 2.75) is 13.8 Å². The lowest BCUT2D eigenvalue weighted by Gasteiger charge is -2.11. The fraction of sp³-hybridized carbons (Fsp3) is 0.182. The second-order valence-corrected chi connectivity index (χ2v) is 6.60. The summed E-state index contributed by atoms with van der Waals surface area (Å²) in [5.41, 5.74) is 4.67. The maximum absolute atomic E-state index is 5.47. The van der Waals surface area contributed by atoms with E-state index < -0.39 is 0 Å². The van der Waals surface area contributed by atoms with Crippen LogP contribution in [-0.4, -0.2) is 40.2 Å². The number of aryl methyl sites for hydroxylation is 1. The Morgan fingerprint density at radius 1 is 1.03 bits per heavy atom. The van der Waals surface area contributed by atoms with Gasteiger partial charge in [0.1, 0.15) is 6.33 Å². The Balaban J connectivity index is 1.75. The normalized spacial score (nSPS) is 11.3. The third-order valence-corrected chi connectivity index (χ3v) is 4.75. The van der Waals surface area contributed by atoms with Crippen molar-refractivity contribution in [2.75, 3.05) is 14.2 Å². The molecule has 0 aliphatic rings. The van der Waals surface area contributed by atoms with E-state index in [0.29, 0.717) is 23.0 Å². The number of nitrogens with zero attached hydrogens (tertiary/aromatic N) is 5. The second-order valence-electron chi connectivity index (χ2n) is 6.60. The predicted octanol–water partition coefficient (Wildman–Crippen LogP) is 4.20. The fourth-order valence-electron chi connectivity index (χ4n) is 3.25. The zero-order valence-electron chi connectivity index (χ0n) is 16.7. The summed E-state index contributed by atoms with van der Waals surface area (Å²) in [5.74, 6) is 1.94. The average Bonchev–Trinajstić information content (AvgIpc) is 3.17. The van der Waals surface area contributed by atoms with Crippen LogP contribution in [0.1, 0.15) is 16.7 Å². The summed E-state index contributed by atoms with van der Waals surface area (Å²) in [6.45, 7) is 4.01. The highest BCUT2D eigenvalue weighted by atomic mass is 16.5. The van der Waals surface area contributed by atoms with Crippen LogP contribution in [0.5, 0.6) is 11.5 Å². The number of benzene rings is 2. The second kappa shape index (κ2) is 7.71. The molecule has 2 aromatic carbocycles. The van der Waals surface area contributed by atoms with E-state index in [4.69, 9.17) is 9.47 Å².